The molecule has 1 N–H and O–H groups in total. The van der Waals surface area contributed by atoms with Gasteiger partial charge in [-0.15, -0.1) is 0 Å². The summed E-state index contributed by atoms with van der Waals surface area (Å²) in [7, 11) is -3.83. The molecule has 3 rings (SSSR count). The Labute approximate surface area is 190 Å². The molecular formula is C20H21Cl2N3O5S. The van der Waals surface area contributed by atoms with Gasteiger partial charge in [-0.2, -0.15) is 4.31 Å². The number of amides is 2. The first-order valence-electron chi connectivity index (χ1n) is 9.45. The standard InChI is InChI=1S/C20H21Cl2N3O5S/c21-16-7-4-8-17(20(16)22)31(28,29)25-11-9-24(10-12-25)19(27)13-23-18(26)14-30-15-5-2-1-3-6-15/h1-8H,9-14H2,(H,23,26). The molecule has 0 atom stereocenters. The molecule has 11 heteroatoms. The number of halogens is 2. The van der Waals surface area contributed by atoms with Gasteiger partial charge in [0.2, 0.25) is 15.9 Å². The molecule has 0 radical (unpaired) electrons. The molecule has 31 heavy (non-hydrogen) atoms. The van der Waals surface area contributed by atoms with Crippen molar-refractivity contribution < 1.29 is 22.7 Å². The quantitative estimate of drug-likeness (QED) is 0.646. The van der Waals surface area contributed by atoms with Crippen LogP contribution in [0.25, 0.3) is 0 Å². The fourth-order valence-electron chi connectivity index (χ4n) is 3.00. The summed E-state index contributed by atoms with van der Waals surface area (Å²) >= 11 is 12.0. The molecule has 8 nitrogen and oxygen atoms in total. The molecule has 0 unspecified atom stereocenters. The molecule has 2 aromatic rings. The highest BCUT2D eigenvalue weighted by Gasteiger charge is 2.31. The fourth-order valence-corrected chi connectivity index (χ4v) is 5.16. The summed E-state index contributed by atoms with van der Waals surface area (Å²) in [6.45, 7) is 0.233. The summed E-state index contributed by atoms with van der Waals surface area (Å²) in [6.07, 6.45) is 0. The monoisotopic (exact) mass is 485 g/mol. The first kappa shape index (κ1) is 23.3. The number of piperazine rings is 1. The molecule has 1 saturated heterocycles. The van der Waals surface area contributed by atoms with Crippen molar-refractivity contribution in [1.29, 1.82) is 0 Å². The van der Waals surface area contributed by atoms with E-state index in [2.05, 4.69) is 5.32 Å². The molecule has 0 spiro atoms. The minimum absolute atomic E-state index is 0.0249. The van der Waals surface area contributed by atoms with Crippen molar-refractivity contribution >= 4 is 45.0 Å². The maximum Gasteiger partial charge on any atom is 0.258 e. The number of benzene rings is 2. The van der Waals surface area contributed by atoms with Crippen molar-refractivity contribution in [1.82, 2.24) is 14.5 Å². The Balaban J connectivity index is 1.47. The van der Waals surface area contributed by atoms with E-state index in [0.29, 0.717) is 5.75 Å². The van der Waals surface area contributed by atoms with Gasteiger partial charge in [0.1, 0.15) is 10.6 Å². The lowest BCUT2D eigenvalue weighted by Crippen LogP contribution is -2.52. The first-order valence-corrected chi connectivity index (χ1v) is 11.6. The van der Waals surface area contributed by atoms with Gasteiger partial charge < -0.3 is 15.0 Å². The average Bonchev–Trinajstić information content (AvgIpc) is 2.78. The number of rotatable bonds is 7. The van der Waals surface area contributed by atoms with Gasteiger partial charge in [-0.25, -0.2) is 8.42 Å². The van der Waals surface area contributed by atoms with Gasteiger partial charge >= 0.3 is 0 Å². The van der Waals surface area contributed by atoms with E-state index >= 15 is 0 Å². The van der Waals surface area contributed by atoms with Crippen molar-refractivity contribution in [3.05, 3.63) is 58.6 Å². The van der Waals surface area contributed by atoms with Crippen LogP contribution in [0.5, 0.6) is 5.75 Å². The summed E-state index contributed by atoms with van der Waals surface area (Å²) in [5.74, 6) is -0.166. The normalized spacial score (nSPS) is 14.8. The van der Waals surface area contributed by atoms with Gasteiger partial charge in [-0.05, 0) is 24.3 Å². The summed E-state index contributed by atoms with van der Waals surface area (Å²) in [5.41, 5.74) is 0. The van der Waals surface area contributed by atoms with Gasteiger partial charge in [-0.3, -0.25) is 9.59 Å². The van der Waals surface area contributed by atoms with Crippen LogP contribution in [-0.2, 0) is 19.6 Å². The Morgan fingerprint density at radius 3 is 2.32 bits per heavy atom. The fraction of sp³-hybridized carbons (Fsp3) is 0.300. The number of nitrogens with one attached hydrogen (secondary N) is 1. The van der Waals surface area contributed by atoms with Crippen molar-refractivity contribution in [2.45, 2.75) is 4.90 Å². The number of carbonyl (C=O) groups is 2. The predicted octanol–water partition coefficient (Wildman–Crippen LogP) is 2.02. The molecule has 1 aliphatic heterocycles. The molecule has 0 saturated carbocycles. The topological polar surface area (TPSA) is 96.0 Å². The smallest absolute Gasteiger partial charge is 0.258 e. The van der Waals surface area contributed by atoms with Crippen LogP contribution in [0.3, 0.4) is 0 Å². The molecule has 0 aliphatic carbocycles. The zero-order valence-electron chi connectivity index (χ0n) is 16.5. The van der Waals surface area contributed by atoms with E-state index in [1.807, 2.05) is 6.07 Å². The van der Waals surface area contributed by atoms with E-state index in [1.165, 1.54) is 27.4 Å². The number of hydrogen-bond acceptors (Lipinski definition) is 5. The Bertz CT molecular complexity index is 1040. The lowest BCUT2D eigenvalue weighted by atomic mass is 10.3. The lowest BCUT2D eigenvalue weighted by Gasteiger charge is -2.34. The van der Waals surface area contributed by atoms with Gasteiger partial charge in [0.05, 0.1) is 16.6 Å². The minimum atomic E-state index is -3.83. The average molecular weight is 486 g/mol. The molecule has 1 aliphatic rings. The van der Waals surface area contributed by atoms with E-state index in [-0.39, 0.29) is 60.2 Å². The second-order valence-electron chi connectivity index (χ2n) is 6.72. The van der Waals surface area contributed by atoms with Crippen LogP contribution in [0, 0.1) is 0 Å². The van der Waals surface area contributed by atoms with E-state index in [9.17, 15) is 18.0 Å². The van der Waals surface area contributed by atoms with Crippen LogP contribution in [0.15, 0.2) is 53.4 Å². The van der Waals surface area contributed by atoms with Gasteiger partial charge in [0.25, 0.3) is 5.91 Å². The van der Waals surface area contributed by atoms with Crippen LogP contribution in [0.1, 0.15) is 0 Å². The van der Waals surface area contributed by atoms with Crippen molar-refractivity contribution in [3.63, 3.8) is 0 Å². The van der Waals surface area contributed by atoms with Crippen LogP contribution in [0.2, 0.25) is 10.0 Å². The Hall–Kier alpha value is -2.33. The number of para-hydroxylation sites is 1. The zero-order valence-corrected chi connectivity index (χ0v) is 18.8. The highest BCUT2D eigenvalue weighted by atomic mass is 35.5. The van der Waals surface area contributed by atoms with E-state index in [0.717, 1.165) is 0 Å². The third kappa shape index (κ3) is 5.88. The molecular weight excluding hydrogens is 465 g/mol. The summed E-state index contributed by atoms with van der Waals surface area (Å²) < 4.78 is 32.3. The third-order valence-corrected chi connectivity index (χ3v) is 7.55. The number of carbonyl (C=O) groups excluding carboxylic acids is 2. The molecule has 1 heterocycles. The van der Waals surface area contributed by atoms with Crippen molar-refractivity contribution in [3.8, 4) is 5.75 Å². The second-order valence-corrected chi connectivity index (χ2v) is 9.41. The van der Waals surface area contributed by atoms with Gasteiger partial charge in [0.15, 0.2) is 6.61 Å². The van der Waals surface area contributed by atoms with E-state index in [1.54, 1.807) is 24.3 Å². The van der Waals surface area contributed by atoms with Gasteiger partial charge in [0, 0.05) is 26.2 Å². The summed E-state index contributed by atoms with van der Waals surface area (Å²) in [6, 6.07) is 13.3. The largest absolute Gasteiger partial charge is 0.484 e. The third-order valence-electron chi connectivity index (χ3n) is 4.68. The highest BCUT2D eigenvalue weighted by molar-refractivity contribution is 7.89. The maximum atomic E-state index is 12.8. The predicted molar refractivity (Wildman–Crippen MR) is 117 cm³/mol. The molecule has 166 valence electrons. The molecule has 0 aromatic heterocycles. The molecule has 2 amide bonds. The SMILES string of the molecule is O=C(COc1ccccc1)NCC(=O)N1CCN(S(=O)(=O)c2cccc(Cl)c2Cl)CC1. The number of sulfonamides is 1. The second kappa shape index (κ2) is 10.3. The molecule has 1 fully saturated rings. The van der Waals surface area contributed by atoms with E-state index < -0.39 is 15.9 Å². The van der Waals surface area contributed by atoms with Crippen molar-refractivity contribution in [2.75, 3.05) is 39.3 Å². The summed E-state index contributed by atoms with van der Waals surface area (Å²) in [4.78, 5) is 25.7. The molecule has 0 bridgehead atoms. The van der Waals surface area contributed by atoms with Crippen LogP contribution in [0.4, 0.5) is 0 Å². The van der Waals surface area contributed by atoms with Gasteiger partial charge in [-0.1, -0.05) is 47.5 Å². The van der Waals surface area contributed by atoms with E-state index in [4.69, 9.17) is 27.9 Å². The highest BCUT2D eigenvalue weighted by Crippen LogP contribution is 2.31. The molecule has 2 aromatic carbocycles. The Kier molecular flexibility index (Phi) is 7.77. The van der Waals surface area contributed by atoms with Crippen LogP contribution >= 0.6 is 23.2 Å². The van der Waals surface area contributed by atoms with Crippen LogP contribution in [-0.4, -0.2) is 68.8 Å². The first-order chi connectivity index (χ1) is 14.8. The van der Waals surface area contributed by atoms with Crippen molar-refractivity contribution in [2.24, 2.45) is 0 Å². The number of ether oxygens (including phenoxy) is 1. The summed E-state index contributed by atoms with van der Waals surface area (Å²) in [5, 5.41) is 2.64. The maximum absolute atomic E-state index is 12.8. The van der Waals surface area contributed by atoms with Crippen LogP contribution < -0.4 is 10.1 Å². The Morgan fingerprint density at radius 1 is 0.968 bits per heavy atom. The zero-order chi connectivity index (χ0) is 22.4. The number of nitrogens with zero attached hydrogens (tertiary/aromatic N) is 2. The minimum Gasteiger partial charge on any atom is -0.484 e. The Morgan fingerprint density at radius 2 is 1.65 bits per heavy atom. The number of hydrogen-bond donors (Lipinski definition) is 1. The lowest BCUT2D eigenvalue weighted by molar-refractivity contribution is -0.134.